The topological polar surface area (TPSA) is 64.0 Å². The largest absolute Gasteiger partial charge is 0.484 e. The summed E-state index contributed by atoms with van der Waals surface area (Å²) in [6.45, 7) is 1.76. The van der Waals surface area contributed by atoms with Crippen LogP contribution in [-0.2, 0) is 34.0 Å². The van der Waals surface area contributed by atoms with Gasteiger partial charge in [0.15, 0.2) is 6.61 Å². The number of ether oxygens (including phenoxy) is 2. The zero-order valence-corrected chi connectivity index (χ0v) is 24.4. The molecule has 2 amide bonds. The Kier molecular flexibility index (Phi) is 11.6. The Labute approximate surface area is 251 Å². The summed E-state index contributed by atoms with van der Waals surface area (Å²) in [4.78, 5) is 30.3. The van der Waals surface area contributed by atoms with Gasteiger partial charge in [-0.25, -0.2) is 4.39 Å². The third-order valence-corrected chi connectivity index (χ3v) is 6.99. The van der Waals surface area contributed by atoms with Gasteiger partial charge in [-0.05, 0) is 66.1 Å². The highest BCUT2D eigenvalue weighted by Crippen LogP contribution is 2.17. The van der Waals surface area contributed by atoms with Gasteiger partial charge in [-0.1, -0.05) is 54.1 Å². The Balaban J connectivity index is 1.49. The molecule has 0 unspecified atom stereocenters. The van der Waals surface area contributed by atoms with Gasteiger partial charge in [0.2, 0.25) is 5.91 Å². The SMILES string of the molecule is COCCCN(CC(=O)N(Cc1ccccc1)Cc1cccn1Cc1ccc(F)cc1)C(=O)COc1ccc(Cl)cc1. The summed E-state index contributed by atoms with van der Waals surface area (Å²) in [6.07, 6.45) is 2.52. The van der Waals surface area contributed by atoms with Gasteiger partial charge in [-0.15, -0.1) is 0 Å². The molecule has 0 N–H and O–H groups in total. The van der Waals surface area contributed by atoms with Gasteiger partial charge in [-0.3, -0.25) is 9.59 Å². The number of carbonyl (C=O) groups is 2. The minimum atomic E-state index is -0.297. The molecule has 0 saturated carbocycles. The van der Waals surface area contributed by atoms with E-state index in [0.717, 1.165) is 16.8 Å². The summed E-state index contributed by atoms with van der Waals surface area (Å²) in [5.74, 6) is -0.253. The normalized spacial score (nSPS) is 10.8. The molecule has 0 aliphatic carbocycles. The van der Waals surface area contributed by atoms with Crippen molar-refractivity contribution in [2.75, 3.05) is 33.4 Å². The number of nitrogens with zero attached hydrogens (tertiary/aromatic N) is 3. The molecule has 4 rings (SSSR count). The van der Waals surface area contributed by atoms with Crippen LogP contribution in [0, 0.1) is 5.82 Å². The summed E-state index contributed by atoms with van der Waals surface area (Å²) in [6, 6.07) is 26.8. The monoisotopic (exact) mass is 591 g/mol. The van der Waals surface area contributed by atoms with Gasteiger partial charge < -0.3 is 23.8 Å². The van der Waals surface area contributed by atoms with Crippen LogP contribution in [0.25, 0.3) is 0 Å². The Morgan fingerprint density at radius 2 is 1.57 bits per heavy atom. The van der Waals surface area contributed by atoms with Gasteiger partial charge in [0.1, 0.15) is 11.6 Å². The molecule has 42 heavy (non-hydrogen) atoms. The summed E-state index contributed by atoms with van der Waals surface area (Å²) >= 11 is 5.95. The lowest BCUT2D eigenvalue weighted by atomic mass is 10.2. The number of hydrogen-bond donors (Lipinski definition) is 0. The Morgan fingerprint density at radius 1 is 0.833 bits per heavy atom. The molecule has 220 valence electrons. The molecule has 4 aromatic rings. The van der Waals surface area contributed by atoms with Crippen molar-refractivity contribution in [2.24, 2.45) is 0 Å². The molecule has 0 aliphatic heterocycles. The molecule has 0 aliphatic rings. The fraction of sp³-hybridized carbons (Fsp3) is 0.273. The molecule has 0 fully saturated rings. The first-order valence-electron chi connectivity index (χ1n) is 13.8. The van der Waals surface area contributed by atoms with Crippen LogP contribution in [0.4, 0.5) is 4.39 Å². The standard InChI is InChI=1S/C33H35ClFN3O4/c1-41-20-6-19-37(33(40)25-42-31-16-12-28(34)13-17-31)24-32(39)38(22-26-7-3-2-4-8-26)23-30-9-5-18-36(30)21-27-10-14-29(35)15-11-27/h2-5,7-18H,6,19-25H2,1H3. The maximum Gasteiger partial charge on any atom is 0.260 e. The molecule has 0 bridgehead atoms. The third-order valence-electron chi connectivity index (χ3n) is 6.74. The molecule has 9 heteroatoms. The van der Waals surface area contributed by atoms with Crippen LogP contribution in [0.2, 0.25) is 5.02 Å². The zero-order valence-electron chi connectivity index (χ0n) is 23.6. The molecule has 1 heterocycles. The lowest BCUT2D eigenvalue weighted by Crippen LogP contribution is -2.44. The van der Waals surface area contributed by atoms with Gasteiger partial charge >= 0.3 is 0 Å². The van der Waals surface area contributed by atoms with E-state index in [1.54, 1.807) is 48.4 Å². The highest BCUT2D eigenvalue weighted by molar-refractivity contribution is 6.30. The van der Waals surface area contributed by atoms with Crippen molar-refractivity contribution in [1.82, 2.24) is 14.4 Å². The Hall–Kier alpha value is -4.14. The molecule has 0 saturated heterocycles. The van der Waals surface area contributed by atoms with E-state index in [0.29, 0.717) is 50.0 Å². The van der Waals surface area contributed by atoms with Crippen molar-refractivity contribution in [1.29, 1.82) is 0 Å². The lowest BCUT2D eigenvalue weighted by molar-refractivity contribution is -0.142. The summed E-state index contributed by atoms with van der Waals surface area (Å²) in [5.41, 5.74) is 2.85. The van der Waals surface area contributed by atoms with Crippen LogP contribution in [-0.4, -0.2) is 59.6 Å². The fourth-order valence-electron chi connectivity index (χ4n) is 4.49. The molecule has 0 spiro atoms. The highest BCUT2D eigenvalue weighted by atomic mass is 35.5. The maximum absolute atomic E-state index is 13.8. The van der Waals surface area contributed by atoms with Crippen LogP contribution in [0.1, 0.15) is 23.2 Å². The number of rotatable bonds is 15. The number of halogens is 2. The summed E-state index contributed by atoms with van der Waals surface area (Å²) in [7, 11) is 1.60. The van der Waals surface area contributed by atoms with E-state index in [4.69, 9.17) is 21.1 Å². The van der Waals surface area contributed by atoms with E-state index < -0.39 is 0 Å². The van der Waals surface area contributed by atoms with Gasteiger partial charge in [0.05, 0.1) is 13.1 Å². The number of aromatic nitrogens is 1. The highest BCUT2D eigenvalue weighted by Gasteiger charge is 2.23. The van der Waals surface area contributed by atoms with Crippen molar-refractivity contribution in [3.05, 3.63) is 125 Å². The first-order valence-corrected chi connectivity index (χ1v) is 14.1. The maximum atomic E-state index is 13.8. The third kappa shape index (κ3) is 9.46. The molecule has 0 radical (unpaired) electrons. The van der Waals surface area contributed by atoms with Gasteiger partial charge in [0, 0.05) is 50.3 Å². The molecule has 7 nitrogen and oxygen atoms in total. The Bertz CT molecular complexity index is 1410. The van der Waals surface area contributed by atoms with Crippen molar-refractivity contribution < 1.29 is 23.5 Å². The number of benzene rings is 3. The van der Waals surface area contributed by atoms with Crippen LogP contribution in [0.5, 0.6) is 5.75 Å². The van der Waals surface area contributed by atoms with E-state index in [2.05, 4.69) is 0 Å². The summed E-state index contributed by atoms with van der Waals surface area (Å²) < 4.78 is 26.3. The van der Waals surface area contributed by atoms with Crippen LogP contribution >= 0.6 is 11.6 Å². The molecule has 0 atom stereocenters. The minimum Gasteiger partial charge on any atom is -0.484 e. The zero-order chi connectivity index (χ0) is 29.7. The lowest BCUT2D eigenvalue weighted by Gasteiger charge is -2.28. The van der Waals surface area contributed by atoms with Crippen LogP contribution in [0.3, 0.4) is 0 Å². The first-order chi connectivity index (χ1) is 20.4. The second-order valence-electron chi connectivity index (χ2n) is 9.89. The molecule has 1 aromatic heterocycles. The predicted octanol–water partition coefficient (Wildman–Crippen LogP) is 5.80. The summed E-state index contributed by atoms with van der Waals surface area (Å²) in [5, 5.41) is 0.572. The van der Waals surface area contributed by atoms with Crippen LogP contribution in [0.15, 0.2) is 97.2 Å². The molecular formula is C33H35ClFN3O4. The van der Waals surface area contributed by atoms with Gasteiger partial charge in [0.25, 0.3) is 5.91 Å². The second-order valence-corrected chi connectivity index (χ2v) is 10.3. The van der Waals surface area contributed by atoms with Gasteiger partial charge in [-0.2, -0.15) is 0 Å². The average Bonchev–Trinajstić information content (AvgIpc) is 3.43. The molecular weight excluding hydrogens is 557 g/mol. The fourth-order valence-corrected chi connectivity index (χ4v) is 4.61. The minimum absolute atomic E-state index is 0.0992. The first kappa shape index (κ1) is 30.8. The van der Waals surface area contributed by atoms with E-state index in [1.165, 1.54) is 17.0 Å². The van der Waals surface area contributed by atoms with E-state index >= 15 is 0 Å². The van der Waals surface area contributed by atoms with Crippen molar-refractivity contribution in [3.63, 3.8) is 0 Å². The predicted molar refractivity (Wildman–Crippen MR) is 161 cm³/mol. The van der Waals surface area contributed by atoms with E-state index in [1.807, 2.05) is 53.2 Å². The second kappa shape index (κ2) is 15.7. The number of carbonyl (C=O) groups excluding carboxylic acids is 2. The van der Waals surface area contributed by atoms with Crippen molar-refractivity contribution in [2.45, 2.75) is 26.1 Å². The average molecular weight is 592 g/mol. The van der Waals surface area contributed by atoms with E-state index in [-0.39, 0.29) is 30.8 Å². The van der Waals surface area contributed by atoms with Crippen LogP contribution < -0.4 is 4.74 Å². The number of amides is 2. The molecule has 3 aromatic carbocycles. The Morgan fingerprint density at radius 3 is 2.29 bits per heavy atom. The van der Waals surface area contributed by atoms with Crippen molar-refractivity contribution in [3.8, 4) is 5.75 Å². The van der Waals surface area contributed by atoms with Crippen molar-refractivity contribution >= 4 is 23.4 Å². The quantitative estimate of drug-likeness (QED) is 0.164. The number of methoxy groups -OCH3 is 1. The number of hydrogen-bond acceptors (Lipinski definition) is 4. The smallest absolute Gasteiger partial charge is 0.260 e. The van der Waals surface area contributed by atoms with E-state index in [9.17, 15) is 14.0 Å².